The second-order valence-corrected chi connectivity index (χ2v) is 12.1. The minimum atomic E-state index is -3.70. The summed E-state index contributed by atoms with van der Waals surface area (Å²) in [7, 11) is -2.13. The van der Waals surface area contributed by atoms with E-state index in [0.29, 0.717) is 31.0 Å². The van der Waals surface area contributed by atoms with E-state index in [2.05, 4.69) is 30.7 Å². The van der Waals surface area contributed by atoms with Crippen LogP contribution in [0.5, 0.6) is 0 Å². The highest BCUT2D eigenvalue weighted by atomic mass is 32.2. The first-order valence-electron chi connectivity index (χ1n) is 11.6. The van der Waals surface area contributed by atoms with E-state index in [0.717, 1.165) is 49.5 Å². The Balaban J connectivity index is 1.64. The average molecular weight is 478 g/mol. The maximum atomic E-state index is 13.2. The first kappa shape index (κ1) is 24.0. The second kappa shape index (κ2) is 9.23. The van der Waals surface area contributed by atoms with Crippen molar-refractivity contribution in [3.63, 3.8) is 0 Å². The Hall–Kier alpha value is -2.17. The number of nitrogens with zero attached hydrogens (tertiary/aromatic N) is 4. The number of nitrogens with one attached hydrogen (secondary N) is 1. The average Bonchev–Trinajstić information content (AvgIpc) is 3.39. The van der Waals surface area contributed by atoms with Gasteiger partial charge in [0.1, 0.15) is 5.82 Å². The maximum Gasteiger partial charge on any atom is 0.303 e. The molecule has 1 atom stereocenters. The van der Waals surface area contributed by atoms with Gasteiger partial charge in [-0.15, -0.1) is 0 Å². The minimum absolute atomic E-state index is 0.140. The van der Waals surface area contributed by atoms with Crippen molar-refractivity contribution in [3.8, 4) is 0 Å². The molecule has 2 aliphatic heterocycles. The Bertz CT molecular complexity index is 1100. The zero-order valence-corrected chi connectivity index (χ0v) is 20.8. The summed E-state index contributed by atoms with van der Waals surface area (Å²) in [6.45, 7) is 9.62. The van der Waals surface area contributed by atoms with E-state index in [4.69, 9.17) is 9.72 Å². The summed E-state index contributed by atoms with van der Waals surface area (Å²) in [5, 5.41) is 2.68. The number of rotatable bonds is 7. The van der Waals surface area contributed by atoms with E-state index in [1.165, 1.54) is 8.61 Å². The van der Waals surface area contributed by atoms with Gasteiger partial charge >= 0.3 is 10.2 Å². The Kier molecular flexibility index (Phi) is 6.70. The van der Waals surface area contributed by atoms with E-state index in [1.807, 2.05) is 18.2 Å². The van der Waals surface area contributed by atoms with Gasteiger partial charge in [0.15, 0.2) is 0 Å². The van der Waals surface area contributed by atoms with Crippen LogP contribution in [0.1, 0.15) is 45.9 Å². The van der Waals surface area contributed by atoms with Gasteiger partial charge in [-0.05, 0) is 43.4 Å². The lowest BCUT2D eigenvalue weighted by Crippen LogP contribution is -2.42. The zero-order chi connectivity index (χ0) is 23.8. The third-order valence-corrected chi connectivity index (χ3v) is 8.56. The third kappa shape index (κ3) is 4.88. The molecule has 2 saturated heterocycles. The van der Waals surface area contributed by atoms with Gasteiger partial charge in [-0.1, -0.05) is 20.8 Å². The zero-order valence-electron chi connectivity index (χ0n) is 20.0. The predicted molar refractivity (Wildman–Crippen MR) is 128 cm³/mol. The van der Waals surface area contributed by atoms with E-state index in [1.54, 1.807) is 7.05 Å². The molecular formula is C23H35N5O4S. The highest BCUT2D eigenvalue weighted by Gasteiger charge is 2.34. The molecule has 1 unspecified atom stereocenters. The van der Waals surface area contributed by atoms with Crippen LogP contribution in [-0.2, 0) is 31.7 Å². The van der Waals surface area contributed by atoms with Crippen molar-refractivity contribution in [2.24, 2.45) is 5.92 Å². The molecule has 2 fully saturated rings. The molecule has 33 heavy (non-hydrogen) atoms. The fourth-order valence-electron chi connectivity index (χ4n) is 4.74. The lowest BCUT2D eigenvalue weighted by molar-refractivity contribution is -0.110. The molecule has 0 aliphatic carbocycles. The van der Waals surface area contributed by atoms with Crippen LogP contribution in [-0.4, -0.2) is 68.1 Å². The Morgan fingerprint density at radius 3 is 2.64 bits per heavy atom. The first-order chi connectivity index (χ1) is 15.6. The summed E-state index contributed by atoms with van der Waals surface area (Å²) in [6.07, 6.45) is 3.31. The monoisotopic (exact) mass is 477 g/mol. The Labute approximate surface area is 196 Å². The second-order valence-electron chi connectivity index (χ2n) is 10.1. The molecular weight excluding hydrogens is 442 g/mol. The van der Waals surface area contributed by atoms with Gasteiger partial charge < -0.3 is 14.6 Å². The van der Waals surface area contributed by atoms with Crippen LogP contribution in [0.2, 0.25) is 0 Å². The lowest BCUT2D eigenvalue weighted by Gasteiger charge is -2.26. The Morgan fingerprint density at radius 1 is 1.24 bits per heavy atom. The largest absolute Gasteiger partial charge is 0.381 e. The molecule has 4 rings (SSSR count). The highest BCUT2D eigenvalue weighted by molar-refractivity contribution is 7.90. The maximum absolute atomic E-state index is 13.2. The summed E-state index contributed by atoms with van der Waals surface area (Å²) in [5.74, 6) is 1.55. The number of carbonyl (C=O) groups is 1. The number of carbonyl (C=O) groups excluding carboxylic acids is 1. The van der Waals surface area contributed by atoms with Crippen molar-refractivity contribution in [3.05, 3.63) is 24.0 Å². The van der Waals surface area contributed by atoms with Gasteiger partial charge in [0.05, 0.1) is 16.7 Å². The lowest BCUT2D eigenvalue weighted by atomic mass is 9.94. The standard InChI is InChI=1S/C23H35N5O4S/c1-23(2,3)22-25-20-13-19(5-6-21(20)28(22)14-17-8-11-32-12-9-17)26(4)33(30,31)27-10-7-18(15-27)24-16-29/h5-6,13,16-18H,7-12,14-15H2,1-4H3,(H,24,29). The van der Waals surface area contributed by atoms with Crippen LogP contribution in [0, 0.1) is 5.92 Å². The van der Waals surface area contributed by atoms with Gasteiger partial charge in [0.25, 0.3) is 0 Å². The van der Waals surface area contributed by atoms with Gasteiger partial charge in [0.2, 0.25) is 6.41 Å². The number of benzene rings is 1. The molecule has 1 N–H and O–H groups in total. The van der Waals surface area contributed by atoms with Crippen LogP contribution < -0.4 is 9.62 Å². The molecule has 2 aliphatic rings. The van der Waals surface area contributed by atoms with Gasteiger partial charge in [-0.3, -0.25) is 9.10 Å². The number of hydrogen-bond acceptors (Lipinski definition) is 5. The number of fused-ring (bicyclic) bond motifs is 1. The molecule has 0 saturated carbocycles. The summed E-state index contributed by atoms with van der Waals surface area (Å²) in [6, 6.07) is 5.55. The molecule has 1 aromatic carbocycles. The van der Waals surface area contributed by atoms with Crippen LogP contribution in [0.25, 0.3) is 11.0 Å². The van der Waals surface area contributed by atoms with Gasteiger partial charge in [0, 0.05) is 51.4 Å². The summed E-state index contributed by atoms with van der Waals surface area (Å²) >= 11 is 0. The normalized spacial score (nSPS) is 20.9. The number of hydrogen-bond donors (Lipinski definition) is 1. The van der Waals surface area contributed by atoms with E-state index >= 15 is 0 Å². The quantitative estimate of drug-likeness (QED) is 0.617. The van der Waals surface area contributed by atoms with Crippen LogP contribution in [0.4, 0.5) is 5.69 Å². The molecule has 0 bridgehead atoms. The molecule has 1 aromatic heterocycles. The van der Waals surface area contributed by atoms with E-state index in [-0.39, 0.29) is 18.0 Å². The van der Waals surface area contributed by atoms with Crippen LogP contribution >= 0.6 is 0 Å². The summed E-state index contributed by atoms with van der Waals surface area (Å²) in [5.41, 5.74) is 2.26. The molecule has 10 heteroatoms. The first-order valence-corrected chi connectivity index (χ1v) is 13.0. The summed E-state index contributed by atoms with van der Waals surface area (Å²) in [4.78, 5) is 15.7. The van der Waals surface area contributed by atoms with E-state index in [9.17, 15) is 13.2 Å². The van der Waals surface area contributed by atoms with Crippen molar-refractivity contribution in [1.82, 2.24) is 19.2 Å². The van der Waals surface area contributed by atoms with Crippen molar-refractivity contribution in [1.29, 1.82) is 0 Å². The minimum Gasteiger partial charge on any atom is -0.381 e. The SMILES string of the molecule is CN(c1ccc2c(c1)nc(C(C)(C)C)n2CC1CCOCC1)S(=O)(=O)N1CCC(NC=O)C1. The molecule has 9 nitrogen and oxygen atoms in total. The van der Waals surface area contributed by atoms with E-state index < -0.39 is 10.2 Å². The summed E-state index contributed by atoms with van der Waals surface area (Å²) < 4.78 is 37.0. The number of amides is 1. The number of ether oxygens (including phenoxy) is 1. The predicted octanol–water partition coefficient (Wildman–Crippen LogP) is 2.26. The van der Waals surface area contributed by atoms with Gasteiger partial charge in [-0.2, -0.15) is 12.7 Å². The highest BCUT2D eigenvalue weighted by Crippen LogP contribution is 2.32. The smallest absolute Gasteiger partial charge is 0.303 e. The Morgan fingerprint density at radius 2 is 1.97 bits per heavy atom. The molecule has 1 amide bonds. The number of anilines is 1. The number of aromatic nitrogens is 2. The van der Waals surface area contributed by atoms with Gasteiger partial charge in [-0.25, -0.2) is 4.98 Å². The van der Waals surface area contributed by atoms with Crippen LogP contribution in [0.15, 0.2) is 18.2 Å². The molecule has 0 radical (unpaired) electrons. The van der Waals surface area contributed by atoms with Crippen molar-refractivity contribution < 1.29 is 17.9 Å². The fraction of sp³-hybridized carbons (Fsp3) is 0.652. The van der Waals surface area contributed by atoms with Crippen LogP contribution in [0.3, 0.4) is 0 Å². The molecule has 0 spiro atoms. The van der Waals surface area contributed by atoms with Crippen molar-refractivity contribution >= 4 is 33.3 Å². The molecule has 2 aromatic rings. The number of imidazole rings is 1. The third-order valence-electron chi connectivity index (χ3n) is 6.67. The van der Waals surface area contributed by atoms with Crippen molar-refractivity contribution in [2.75, 3.05) is 37.7 Å². The molecule has 3 heterocycles. The molecule has 182 valence electrons. The fourth-order valence-corrected chi connectivity index (χ4v) is 6.17. The topological polar surface area (TPSA) is 96.8 Å². The van der Waals surface area contributed by atoms with Crippen molar-refractivity contribution in [2.45, 2.75) is 58.0 Å².